The first-order chi connectivity index (χ1) is 6.24. The molecule has 13 heavy (non-hydrogen) atoms. The van der Waals surface area contributed by atoms with E-state index in [0.717, 1.165) is 19.3 Å². The van der Waals surface area contributed by atoms with Gasteiger partial charge in [-0.05, 0) is 12.8 Å². The predicted octanol–water partition coefficient (Wildman–Crippen LogP) is 0.562. The van der Waals surface area contributed by atoms with Crippen LogP contribution in [-0.4, -0.2) is 37.0 Å². The molecule has 4 nitrogen and oxygen atoms in total. The minimum absolute atomic E-state index is 0.0721. The molecule has 1 fully saturated rings. The van der Waals surface area contributed by atoms with E-state index in [-0.39, 0.29) is 18.4 Å². The summed E-state index contributed by atoms with van der Waals surface area (Å²) in [5, 5.41) is 0. The van der Waals surface area contributed by atoms with Gasteiger partial charge in [0.1, 0.15) is 6.54 Å². The molecule has 4 heteroatoms. The van der Waals surface area contributed by atoms with Crippen molar-refractivity contribution in [3.8, 4) is 0 Å². The second-order valence-corrected chi connectivity index (χ2v) is 3.20. The minimum Gasteiger partial charge on any atom is -0.468 e. The van der Waals surface area contributed by atoms with Crippen molar-refractivity contribution in [3.63, 3.8) is 0 Å². The van der Waals surface area contributed by atoms with Crippen LogP contribution >= 0.6 is 0 Å². The zero-order chi connectivity index (χ0) is 9.68. The number of carbonyl (C=O) groups excluding carboxylic acids is 2. The van der Waals surface area contributed by atoms with Crippen LogP contribution in [0.1, 0.15) is 25.7 Å². The van der Waals surface area contributed by atoms with Crippen molar-refractivity contribution in [2.24, 2.45) is 0 Å². The van der Waals surface area contributed by atoms with Crippen molar-refractivity contribution < 1.29 is 14.3 Å². The molecule has 0 aromatic carbocycles. The van der Waals surface area contributed by atoms with Gasteiger partial charge in [0.25, 0.3) is 0 Å². The number of hydrogen-bond acceptors (Lipinski definition) is 3. The van der Waals surface area contributed by atoms with Crippen LogP contribution in [0.2, 0.25) is 0 Å². The molecule has 0 aromatic rings. The molecular formula is C9H15NO3. The number of likely N-dealkylation sites (tertiary alicyclic amines) is 1. The van der Waals surface area contributed by atoms with Gasteiger partial charge < -0.3 is 9.64 Å². The number of amides is 1. The standard InChI is InChI=1S/C9H15NO3/c1-13-9(12)7-10-6-4-2-3-5-8(10)11/h2-7H2,1H3. The Hall–Kier alpha value is -1.06. The number of hydrogen-bond donors (Lipinski definition) is 0. The number of esters is 1. The first-order valence-corrected chi connectivity index (χ1v) is 4.58. The molecule has 0 unspecified atom stereocenters. The summed E-state index contributed by atoms with van der Waals surface area (Å²) >= 11 is 0. The van der Waals surface area contributed by atoms with Gasteiger partial charge in [0.2, 0.25) is 5.91 Å². The summed E-state index contributed by atoms with van der Waals surface area (Å²) in [6.45, 7) is 0.795. The van der Waals surface area contributed by atoms with E-state index in [4.69, 9.17) is 0 Å². The average molecular weight is 185 g/mol. The monoisotopic (exact) mass is 185 g/mol. The van der Waals surface area contributed by atoms with Crippen LogP contribution in [0, 0.1) is 0 Å². The molecule has 0 N–H and O–H groups in total. The van der Waals surface area contributed by atoms with Gasteiger partial charge >= 0.3 is 5.97 Å². The molecule has 0 atom stereocenters. The summed E-state index contributed by atoms with van der Waals surface area (Å²) in [6.07, 6.45) is 3.57. The Morgan fingerprint density at radius 1 is 1.46 bits per heavy atom. The van der Waals surface area contributed by atoms with Crippen LogP contribution in [0.3, 0.4) is 0 Å². The Bertz CT molecular complexity index is 203. The number of methoxy groups -OCH3 is 1. The summed E-state index contributed by atoms with van der Waals surface area (Å²) < 4.78 is 4.51. The molecule has 0 radical (unpaired) electrons. The van der Waals surface area contributed by atoms with Crippen LogP contribution in [0.5, 0.6) is 0 Å². The molecule has 0 saturated carbocycles. The van der Waals surface area contributed by atoms with Gasteiger partial charge in [0.05, 0.1) is 7.11 Å². The van der Waals surface area contributed by atoms with E-state index in [1.165, 1.54) is 7.11 Å². The van der Waals surface area contributed by atoms with Crippen LogP contribution in [0.15, 0.2) is 0 Å². The van der Waals surface area contributed by atoms with Gasteiger partial charge in [0, 0.05) is 13.0 Å². The van der Waals surface area contributed by atoms with Crippen molar-refractivity contribution in [2.75, 3.05) is 20.2 Å². The summed E-state index contributed by atoms with van der Waals surface area (Å²) in [7, 11) is 1.34. The van der Waals surface area contributed by atoms with Crippen molar-refractivity contribution in [1.29, 1.82) is 0 Å². The Morgan fingerprint density at radius 3 is 2.92 bits per heavy atom. The molecule has 0 aliphatic carbocycles. The maximum Gasteiger partial charge on any atom is 0.325 e. The Balaban J connectivity index is 2.45. The Morgan fingerprint density at radius 2 is 2.23 bits per heavy atom. The lowest BCUT2D eigenvalue weighted by molar-refractivity contribution is -0.146. The van der Waals surface area contributed by atoms with E-state index >= 15 is 0 Å². The highest BCUT2D eigenvalue weighted by Gasteiger charge is 2.18. The van der Waals surface area contributed by atoms with Gasteiger partial charge in [-0.2, -0.15) is 0 Å². The normalized spacial score (nSPS) is 18.2. The molecule has 1 rings (SSSR count). The maximum absolute atomic E-state index is 11.4. The highest BCUT2D eigenvalue weighted by atomic mass is 16.5. The van der Waals surface area contributed by atoms with E-state index in [1.807, 2.05) is 0 Å². The molecule has 1 heterocycles. The van der Waals surface area contributed by atoms with Crippen LogP contribution in [-0.2, 0) is 14.3 Å². The van der Waals surface area contributed by atoms with Crippen LogP contribution in [0.4, 0.5) is 0 Å². The second-order valence-electron chi connectivity index (χ2n) is 3.20. The fourth-order valence-corrected chi connectivity index (χ4v) is 1.43. The quantitative estimate of drug-likeness (QED) is 0.590. The average Bonchev–Trinajstić information content (AvgIpc) is 2.32. The third kappa shape index (κ3) is 3.05. The molecule has 1 aliphatic heterocycles. The maximum atomic E-state index is 11.4. The fourth-order valence-electron chi connectivity index (χ4n) is 1.43. The van der Waals surface area contributed by atoms with Gasteiger partial charge in [-0.3, -0.25) is 9.59 Å². The molecule has 0 bridgehead atoms. The SMILES string of the molecule is COC(=O)CN1CCCCCC1=O. The summed E-state index contributed by atoms with van der Waals surface area (Å²) in [5.41, 5.74) is 0. The molecule has 1 amide bonds. The lowest BCUT2D eigenvalue weighted by Gasteiger charge is -2.18. The summed E-state index contributed by atoms with van der Waals surface area (Å²) in [5.74, 6) is -0.266. The van der Waals surface area contributed by atoms with Crippen molar-refractivity contribution in [3.05, 3.63) is 0 Å². The molecule has 1 saturated heterocycles. The molecule has 1 aliphatic rings. The third-order valence-electron chi connectivity index (χ3n) is 2.22. The lowest BCUT2D eigenvalue weighted by atomic mass is 10.2. The third-order valence-corrected chi connectivity index (χ3v) is 2.22. The van der Waals surface area contributed by atoms with E-state index in [9.17, 15) is 9.59 Å². The van der Waals surface area contributed by atoms with Gasteiger partial charge in [-0.15, -0.1) is 0 Å². The van der Waals surface area contributed by atoms with E-state index in [0.29, 0.717) is 13.0 Å². The highest BCUT2D eigenvalue weighted by molar-refractivity contribution is 5.82. The van der Waals surface area contributed by atoms with Crippen molar-refractivity contribution in [2.45, 2.75) is 25.7 Å². The topological polar surface area (TPSA) is 46.6 Å². The van der Waals surface area contributed by atoms with E-state index in [1.54, 1.807) is 4.90 Å². The second kappa shape index (κ2) is 4.84. The fraction of sp³-hybridized carbons (Fsp3) is 0.778. The van der Waals surface area contributed by atoms with Crippen LogP contribution in [0.25, 0.3) is 0 Å². The summed E-state index contributed by atoms with van der Waals surface area (Å²) in [6, 6.07) is 0. The number of ether oxygens (including phenoxy) is 1. The molecular weight excluding hydrogens is 170 g/mol. The Labute approximate surface area is 77.8 Å². The first-order valence-electron chi connectivity index (χ1n) is 4.58. The van der Waals surface area contributed by atoms with Gasteiger partial charge in [0.15, 0.2) is 0 Å². The van der Waals surface area contributed by atoms with Gasteiger partial charge in [-0.25, -0.2) is 0 Å². The van der Waals surface area contributed by atoms with Gasteiger partial charge in [-0.1, -0.05) is 6.42 Å². The summed E-state index contributed by atoms with van der Waals surface area (Å²) in [4.78, 5) is 23.9. The van der Waals surface area contributed by atoms with E-state index < -0.39 is 0 Å². The van der Waals surface area contributed by atoms with Crippen molar-refractivity contribution >= 4 is 11.9 Å². The van der Waals surface area contributed by atoms with Crippen LogP contribution < -0.4 is 0 Å². The molecule has 0 aromatic heterocycles. The number of nitrogens with zero attached hydrogens (tertiary/aromatic N) is 1. The van der Waals surface area contributed by atoms with Crippen molar-refractivity contribution in [1.82, 2.24) is 4.90 Å². The zero-order valence-corrected chi connectivity index (χ0v) is 7.91. The zero-order valence-electron chi connectivity index (χ0n) is 7.91. The number of rotatable bonds is 2. The Kier molecular flexibility index (Phi) is 3.73. The minimum atomic E-state index is -0.338. The van der Waals surface area contributed by atoms with E-state index in [2.05, 4.69) is 4.74 Å². The molecule has 74 valence electrons. The largest absolute Gasteiger partial charge is 0.468 e. The number of carbonyl (C=O) groups is 2. The molecule has 0 spiro atoms. The predicted molar refractivity (Wildman–Crippen MR) is 47.1 cm³/mol. The highest BCUT2D eigenvalue weighted by Crippen LogP contribution is 2.10. The lowest BCUT2D eigenvalue weighted by Crippen LogP contribution is -2.35. The smallest absolute Gasteiger partial charge is 0.325 e. The first kappa shape index (κ1) is 10.0.